The van der Waals surface area contributed by atoms with Gasteiger partial charge in [-0.05, 0) is 31.0 Å². The third-order valence-corrected chi connectivity index (χ3v) is 6.26. The fraction of sp³-hybridized carbons (Fsp3) is 0.222. The number of carbonyl (C=O) groups is 1. The molecule has 0 aliphatic carbocycles. The number of fused-ring (bicyclic) bond motifs is 1. The van der Waals surface area contributed by atoms with Crippen LogP contribution in [0.3, 0.4) is 0 Å². The molecule has 0 radical (unpaired) electrons. The number of benzodiazepines with no additional fused rings is 1. The number of piperidine rings is 1. The first-order chi connectivity index (χ1) is 18.0. The maximum absolute atomic E-state index is 13.0. The molecule has 1 saturated heterocycles. The van der Waals surface area contributed by atoms with Gasteiger partial charge in [-0.15, -0.1) is 0 Å². The molecular weight excluding hydrogens is 470 g/mol. The summed E-state index contributed by atoms with van der Waals surface area (Å²) in [5, 5.41) is 32.2. The van der Waals surface area contributed by atoms with Crippen LogP contribution in [0.15, 0.2) is 77.9 Å². The van der Waals surface area contributed by atoms with Crippen LogP contribution in [0.5, 0.6) is 0 Å². The number of ether oxygens (including phenoxy) is 1. The van der Waals surface area contributed by atoms with Gasteiger partial charge < -0.3 is 25.4 Å². The summed E-state index contributed by atoms with van der Waals surface area (Å²) < 4.78 is 5.49. The SMILES string of the molecule is N=C(NC1N=C(c2ccccc2)c2ccccc2NC1=O)OC(=N)c1cccnc1N1CCC(O)CC1. The standard InChI is InChI=1S/C27H27N7O3/c28-23(20-10-6-14-30-25(20)34-15-12-18(35)13-16-34)37-27(29)33-24-26(36)31-21-11-5-4-9-19(21)22(32-24)17-7-2-1-3-8-17/h1-11,14,18,24,28,35H,12-13,15-16H2,(H2,29,33)(H,31,36). The lowest BCUT2D eigenvalue weighted by molar-refractivity contribution is -0.117. The van der Waals surface area contributed by atoms with E-state index < -0.39 is 18.1 Å². The molecule has 37 heavy (non-hydrogen) atoms. The number of para-hydroxylation sites is 1. The molecule has 0 spiro atoms. The summed E-state index contributed by atoms with van der Waals surface area (Å²) >= 11 is 0. The van der Waals surface area contributed by atoms with E-state index in [4.69, 9.17) is 15.6 Å². The molecule has 2 aromatic carbocycles. The van der Waals surface area contributed by atoms with Crippen LogP contribution in [0.2, 0.25) is 0 Å². The highest BCUT2D eigenvalue weighted by atomic mass is 16.5. The van der Waals surface area contributed by atoms with Gasteiger partial charge >= 0.3 is 0 Å². The lowest BCUT2D eigenvalue weighted by Gasteiger charge is -2.31. The Bertz CT molecular complexity index is 1350. The minimum absolute atomic E-state index is 0.281. The number of amidine groups is 1. The van der Waals surface area contributed by atoms with Gasteiger partial charge in [0.15, 0.2) is 0 Å². The number of pyridine rings is 1. The van der Waals surface area contributed by atoms with Crippen molar-refractivity contribution in [2.75, 3.05) is 23.3 Å². The van der Waals surface area contributed by atoms with Crippen molar-refractivity contribution in [3.8, 4) is 0 Å². The van der Waals surface area contributed by atoms with E-state index in [9.17, 15) is 9.90 Å². The van der Waals surface area contributed by atoms with Gasteiger partial charge in [0.25, 0.3) is 11.9 Å². The molecule has 10 nitrogen and oxygen atoms in total. The van der Waals surface area contributed by atoms with Crippen molar-refractivity contribution < 1.29 is 14.6 Å². The summed E-state index contributed by atoms with van der Waals surface area (Å²) in [6.45, 7) is 1.21. The predicted molar refractivity (Wildman–Crippen MR) is 141 cm³/mol. The van der Waals surface area contributed by atoms with Crippen LogP contribution >= 0.6 is 0 Å². The summed E-state index contributed by atoms with van der Waals surface area (Å²) in [6, 6.07) is 19.8. The average Bonchev–Trinajstić information content (AvgIpc) is 3.05. The largest absolute Gasteiger partial charge is 0.407 e. The average molecular weight is 498 g/mol. The Morgan fingerprint density at radius 1 is 1.03 bits per heavy atom. The first kappa shape index (κ1) is 24.1. The number of aromatic nitrogens is 1. The van der Waals surface area contributed by atoms with Gasteiger partial charge in [-0.25, -0.2) is 9.98 Å². The second-order valence-corrected chi connectivity index (χ2v) is 8.78. The summed E-state index contributed by atoms with van der Waals surface area (Å²) in [6.07, 6.45) is 1.37. The molecule has 3 heterocycles. The number of hydrogen-bond donors (Lipinski definition) is 5. The van der Waals surface area contributed by atoms with Gasteiger partial charge in [-0.3, -0.25) is 15.6 Å². The zero-order chi connectivity index (χ0) is 25.8. The van der Waals surface area contributed by atoms with Gasteiger partial charge in [-0.1, -0.05) is 48.5 Å². The van der Waals surface area contributed by atoms with Crippen molar-refractivity contribution in [1.29, 1.82) is 10.8 Å². The van der Waals surface area contributed by atoms with Crippen molar-refractivity contribution in [1.82, 2.24) is 10.3 Å². The van der Waals surface area contributed by atoms with Crippen LogP contribution in [0.1, 0.15) is 29.5 Å². The Balaban J connectivity index is 1.35. The second kappa shape index (κ2) is 10.6. The lowest BCUT2D eigenvalue weighted by Crippen LogP contribution is -2.43. The number of amides is 1. The Kier molecular flexibility index (Phi) is 6.91. The van der Waals surface area contributed by atoms with Crippen molar-refractivity contribution in [3.05, 3.63) is 89.6 Å². The molecule has 0 saturated carbocycles. The van der Waals surface area contributed by atoms with Gasteiger partial charge in [0.05, 0.1) is 23.1 Å². The number of hydrogen-bond acceptors (Lipinski definition) is 8. The minimum atomic E-state index is -1.15. The van der Waals surface area contributed by atoms with Crippen LogP contribution in [0.4, 0.5) is 11.5 Å². The number of benzene rings is 2. The van der Waals surface area contributed by atoms with Gasteiger partial charge in [0.1, 0.15) is 5.82 Å². The molecule has 5 rings (SSSR count). The highest BCUT2D eigenvalue weighted by molar-refractivity contribution is 6.19. The Labute approximate surface area is 214 Å². The van der Waals surface area contributed by atoms with Crippen LogP contribution in [-0.2, 0) is 9.53 Å². The maximum atomic E-state index is 13.0. The molecule has 2 aliphatic heterocycles. The van der Waals surface area contributed by atoms with E-state index in [2.05, 4.69) is 20.6 Å². The number of rotatable bonds is 4. The minimum Gasteiger partial charge on any atom is -0.407 e. The van der Waals surface area contributed by atoms with Crippen LogP contribution in [0, 0.1) is 10.8 Å². The number of aliphatic imine (C=N–C) groups is 1. The zero-order valence-electron chi connectivity index (χ0n) is 20.0. The molecule has 1 atom stereocenters. The van der Waals surface area contributed by atoms with Gasteiger partial charge in [-0.2, -0.15) is 0 Å². The topological polar surface area (TPSA) is 147 Å². The molecule has 0 bridgehead atoms. The van der Waals surface area contributed by atoms with E-state index >= 15 is 0 Å². The molecule has 5 N–H and O–H groups in total. The van der Waals surface area contributed by atoms with E-state index in [1.54, 1.807) is 24.4 Å². The number of anilines is 2. The first-order valence-electron chi connectivity index (χ1n) is 12.0. The fourth-order valence-corrected chi connectivity index (χ4v) is 4.40. The van der Waals surface area contributed by atoms with Gasteiger partial charge in [0, 0.05) is 30.4 Å². The molecule has 188 valence electrons. The Morgan fingerprint density at radius 3 is 2.54 bits per heavy atom. The third-order valence-electron chi connectivity index (χ3n) is 6.26. The predicted octanol–water partition coefficient (Wildman–Crippen LogP) is 2.72. The molecule has 1 unspecified atom stereocenters. The fourth-order valence-electron chi connectivity index (χ4n) is 4.40. The summed E-state index contributed by atoms with van der Waals surface area (Å²) in [5.74, 6) is -0.178. The number of carbonyl (C=O) groups excluding carboxylic acids is 1. The normalized spacial score (nSPS) is 17.6. The Morgan fingerprint density at radius 2 is 1.76 bits per heavy atom. The third kappa shape index (κ3) is 5.34. The van der Waals surface area contributed by atoms with Crippen LogP contribution in [0.25, 0.3) is 0 Å². The summed E-state index contributed by atoms with van der Waals surface area (Å²) in [7, 11) is 0. The highest BCUT2D eigenvalue weighted by Crippen LogP contribution is 2.25. The lowest BCUT2D eigenvalue weighted by atomic mass is 10.0. The van der Waals surface area contributed by atoms with Crippen molar-refractivity contribution >= 4 is 35.0 Å². The smallest absolute Gasteiger partial charge is 0.290 e. The number of aliphatic hydroxyl groups is 1. The molecule has 1 amide bonds. The van der Waals surface area contributed by atoms with Crippen molar-refractivity contribution in [3.63, 3.8) is 0 Å². The van der Waals surface area contributed by atoms with E-state index in [1.165, 1.54) is 0 Å². The first-order valence-corrected chi connectivity index (χ1v) is 12.0. The van der Waals surface area contributed by atoms with E-state index in [0.29, 0.717) is 48.7 Å². The highest BCUT2D eigenvalue weighted by Gasteiger charge is 2.28. The molecule has 1 fully saturated rings. The quantitative estimate of drug-likeness (QED) is 0.277. The van der Waals surface area contributed by atoms with Crippen molar-refractivity contribution in [2.24, 2.45) is 4.99 Å². The second-order valence-electron chi connectivity index (χ2n) is 8.78. The number of nitrogens with zero attached hydrogens (tertiary/aromatic N) is 3. The number of aliphatic hydroxyl groups excluding tert-OH is 1. The molecule has 10 heteroatoms. The van der Waals surface area contributed by atoms with E-state index in [1.807, 2.05) is 53.4 Å². The molecule has 3 aromatic rings. The van der Waals surface area contributed by atoms with Crippen molar-refractivity contribution in [2.45, 2.75) is 25.1 Å². The van der Waals surface area contributed by atoms with E-state index in [-0.39, 0.29) is 12.0 Å². The maximum Gasteiger partial charge on any atom is 0.290 e. The van der Waals surface area contributed by atoms with Gasteiger partial charge in [0.2, 0.25) is 12.1 Å². The monoisotopic (exact) mass is 497 g/mol. The van der Waals surface area contributed by atoms with Crippen LogP contribution < -0.4 is 15.5 Å². The molecule has 1 aromatic heterocycles. The molecular formula is C27H27N7O3. The number of nitrogens with one attached hydrogen (secondary N) is 4. The zero-order valence-corrected chi connectivity index (χ0v) is 20.0. The Hall–Kier alpha value is -4.57. The molecule has 2 aliphatic rings. The van der Waals surface area contributed by atoms with E-state index in [0.717, 1.165) is 11.1 Å². The van der Waals surface area contributed by atoms with Crippen LogP contribution in [-0.4, -0.2) is 59.0 Å². The summed E-state index contributed by atoms with van der Waals surface area (Å²) in [5.41, 5.74) is 3.21. The summed E-state index contributed by atoms with van der Waals surface area (Å²) in [4.78, 5) is 24.1.